The van der Waals surface area contributed by atoms with Crippen LogP contribution >= 0.6 is 15.9 Å². The predicted molar refractivity (Wildman–Crippen MR) is 78.1 cm³/mol. The van der Waals surface area contributed by atoms with Gasteiger partial charge in [-0.15, -0.1) is 0 Å². The zero-order valence-electron chi connectivity index (χ0n) is 11.5. The van der Waals surface area contributed by atoms with Crippen LogP contribution in [0.5, 0.6) is 0 Å². The molecule has 1 fully saturated rings. The van der Waals surface area contributed by atoms with E-state index < -0.39 is 11.6 Å². The Hall–Kier alpha value is -0.970. The second-order valence-electron chi connectivity index (χ2n) is 5.32. The topological polar surface area (TPSA) is 20.3 Å². The summed E-state index contributed by atoms with van der Waals surface area (Å²) in [5.41, 5.74) is 0.271. The highest BCUT2D eigenvalue weighted by molar-refractivity contribution is 9.09. The molecule has 1 aliphatic rings. The van der Waals surface area contributed by atoms with E-state index in [-0.39, 0.29) is 11.5 Å². The Morgan fingerprint density at radius 1 is 1.40 bits per heavy atom. The summed E-state index contributed by atoms with van der Waals surface area (Å²) in [6, 6.07) is 2.10. The Morgan fingerprint density at radius 3 is 2.85 bits per heavy atom. The summed E-state index contributed by atoms with van der Waals surface area (Å²) >= 11 is 3.41. The summed E-state index contributed by atoms with van der Waals surface area (Å²) in [5.74, 6) is -1.27. The standard InChI is InChI=1S/C15H18BrF2NO/c1-10-7-12(14(18)8-13(10)17)15(20)19-6-2-3-11(9-19)4-5-16/h7-8,11H,2-6,9H2,1H3. The molecule has 1 aromatic rings. The van der Waals surface area contributed by atoms with Gasteiger partial charge in [-0.1, -0.05) is 15.9 Å². The predicted octanol–water partition coefficient (Wildman–Crippen LogP) is 3.91. The summed E-state index contributed by atoms with van der Waals surface area (Å²) < 4.78 is 27.0. The van der Waals surface area contributed by atoms with Gasteiger partial charge in [0.1, 0.15) is 11.6 Å². The van der Waals surface area contributed by atoms with E-state index in [4.69, 9.17) is 0 Å². The quantitative estimate of drug-likeness (QED) is 0.760. The number of nitrogens with zero attached hydrogens (tertiary/aromatic N) is 1. The molecule has 1 saturated heterocycles. The van der Waals surface area contributed by atoms with E-state index in [1.54, 1.807) is 4.90 Å². The van der Waals surface area contributed by atoms with Crippen LogP contribution in [-0.2, 0) is 0 Å². The van der Waals surface area contributed by atoms with Crippen LogP contribution in [0, 0.1) is 24.5 Å². The Balaban J connectivity index is 2.16. The number of piperidine rings is 1. The van der Waals surface area contributed by atoms with Crippen molar-refractivity contribution in [3.8, 4) is 0 Å². The molecule has 1 aliphatic heterocycles. The van der Waals surface area contributed by atoms with Crippen LogP contribution in [0.3, 0.4) is 0 Å². The molecule has 5 heteroatoms. The molecule has 0 saturated carbocycles. The van der Waals surface area contributed by atoms with Gasteiger partial charge in [0.05, 0.1) is 5.56 Å². The number of amides is 1. The highest BCUT2D eigenvalue weighted by atomic mass is 79.9. The van der Waals surface area contributed by atoms with Crippen LogP contribution in [0.1, 0.15) is 35.2 Å². The number of benzene rings is 1. The maximum absolute atomic E-state index is 13.8. The number of hydrogen-bond donors (Lipinski definition) is 0. The summed E-state index contributed by atoms with van der Waals surface area (Å²) in [6.07, 6.45) is 3.04. The molecule has 1 unspecified atom stereocenters. The fourth-order valence-electron chi connectivity index (χ4n) is 2.63. The molecule has 1 aromatic carbocycles. The van der Waals surface area contributed by atoms with Gasteiger partial charge in [0.25, 0.3) is 5.91 Å². The van der Waals surface area contributed by atoms with Crippen molar-refractivity contribution in [1.29, 1.82) is 0 Å². The van der Waals surface area contributed by atoms with Crippen molar-refractivity contribution in [3.63, 3.8) is 0 Å². The number of hydrogen-bond acceptors (Lipinski definition) is 1. The summed E-state index contributed by atoms with van der Waals surface area (Å²) in [5, 5.41) is 0.906. The Morgan fingerprint density at radius 2 is 2.15 bits per heavy atom. The first-order valence-electron chi connectivity index (χ1n) is 6.83. The number of rotatable bonds is 3. The minimum atomic E-state index is -0.777. The van der Waals surface area contributed by atoms with Crippen LogP contribution in [0.4, 0.5) is 8.78 Å². The van der Waals surface area contributed by atoms with Crippen molar-refractivity contribution in [2.45, 2.75) is 26.2 Å². The maximum atomic E-state index is 13.8. The van der Waals surface area contributed by atoms with E-state index >= 15 is 0 Å². The van der Waals surface area contributed by atoms with Gasteiger partial charge in [-0.05, 0) is 43.7 Å². The van der Waals surface area contributed by atoms with Gasteiger partial charge in [0, 0.05) is 24.5 Å². The fourth-order valence-corrected chi connectivity index (χ4v) is 3.28. The highest BCUT2D eigenvalue weighted by Gasteiger charge is 2.26. The van der Waals surface area contributed by atoms with Crippen molar-refractivity contribution in [1.82, 2.24) is 4.90 Å². The van der Waals surface area contributed by atoms with Crippen LogP contribution in [0.2, 0.25) is 0 Å². The van der Waals surface area contributed by atoms with Gasteiger partial charge in [-0.25, -0.2) is 8.78 Å². The van der Waals surface area contributed by atoms with Crippen LogP contribution in [-0.4, -0.2) is 29.2 Å². The van der Waals surface area contributed by atoms with E-state index in [1.807, 2.05) is 0 Å². The molecule has 1 heterocycles. The first-order valence-corrected chi connectivity index (χ1v) is 7.96. The lowest BCUT2D eigenvalue weighted by Gasteiger charge is -2.32. The molecule has 20 heavy (non-hydrogen) atoms. The minimum absolute atomic E-state index is 0.0246. The van der Waals surface area contributed by atoms with Crippen molar-refractivity contribution < 1.29 is 13.6 Å². The van der Waals surface area contributed by atoms with Crippen LogP contribution < -0.4 is 0 Å². The third-order valence-corrected chi connectivity index (χ3v) is 4.26. The van der Waals surface area contributed by atoms with E-state index in [0.29, 0.717) is 24.6 Å². The minimum Gasteiger partial charge on any atom is -0.338 e. The number of carbonyl (C=O) groups excluding carboxylic acids is 1. The Kier molecular flexibility index (Phi) is 5.13. The van der Waals surface area contributed by atoms with Gasteiger partial charge >= 0.3 is 0 Å². The normalized spacial score (nSPS) is 19.2. The van der Waals surface area contributed by atoms with E-state index in [2.05, 4.69) is 15.9 Å². The highest BCUT2D eigenvalue weighted by Crippen LogP contribution is 2.23. The summed E-state index contributed by atoms with van der Waals surface area (Å²) in [7, 11) is 0. The number of halogens is 3. The van der Waals surface area contributed by atoms with E-state index in [9.17, 15) is 13.6 Å². The van der Waals surface area contributed by atoms with Gasteiger partial charge in [0.15, 0.2) is 0 Å². The zero-order chi connectivity index (χ0) is 14.7. The molecule has 0 aromatic heterocycles. The van der Waals surface area contributed by atoms with Gasteiger partial charge < -0.3 is 4.90 Å². The first-order chi connectivity index (χ1) is 9.52. The Bertz CT molecular complexity index is 505. The lowest BCUT2D eigenvalue weighted by atomic mass is 9.95. The van der Waals surface area contributed by atoms with Crippen molar-refractivity contribution >= 4 is 21.8 Å². The molecule has 0 spiro atoms. The maximum Gasteiger partial charge on any atom is 0.256 e. The first kappa shape index (κ1) is 15.4. The average Bonchev–Trinajstić information content (AvgIpc) is 2.43. The monoisotopic (exact) mass is 345 g/mol. The van der Waals surface area contributed by atoms with Gasteiger partial charge in [0.2, 0.25) is 0 Å². The van der Waals surface area contributed by atoms with E-state index in [1.165, 1.54) is 13.0 Å². The molecule has 0 bridgehead atoms. The van der Waals surface area contributed by atoms with Crippen molar-refractivity contribution in [2.75, 3.05) is 18.4 Å². The summed E-state index contributed by atoms with van der Waals surface area (Å²) in [4.78, 5) is 14.1. The molecule has 0 aliphatic carbocycles. The smallest absolute Gasteiger partial charge is 0.256 e. The molecular weight excluding hydrogens is 328 g/mol. The molecular formula is C15H18BrF2NO. The molecule has 0 radical (unpaired) electrons. The number of alkyl halides is 1. The fraction of sp³-hybridized carbons (Fsp3) is 0.533. The molecule has 2 nitrogen and oxygen atoms in total. The second-order valence-corrected chi connectivity index (χ2v) is 6.11. The molecule has 1 atom stereocenters. The van der Waals surface area contributed by atoms with Gasteiger partial charge in [-0.2, -0.15) is 0 Å². The molecule has 2 rings (SSSR count). The number of carbonyl (C=O) groups is 1. The Labute approximate surface area is 126 Å². The van der Waals surface area contributed by atoms with E-state index in [0.717, 1.165) is 30.7 Å². The average molecular weight is 346 g/mol. The molecule has 1 amide bonds. The largest absolute Gasteiger partial charge is 0.338 e. The zero-order valence-corrected chi connectivity index (χ0v) is 13.1. The summed E-state index contributed by atoms with van der Waals surface area (Å²) in [6.45, 7) is 2.84. The number of aryl methyl sites for hydroxylation is 1. The third-order valence-electron chi connectivity index (χ3n) is 3.80. The SMILES string of the molecule is Cc1cc(C(=O)N2CCCC(CCBr)C2)c(F)cc1F. The van der Waals surface area contributed by atoms with Crippen molar-refractivity contribution in [3.05, 3.63) is 34.9 Å². The van der Waals surface area contributed by atoms with Crippen LogP contribution in [0.25, 0.3) is 0 Å². The third kappa shape index (κ3) is 3.37. The van der Waals surface area contributed by atoms with Gasteiger partial charge in [-0.3, -0.25) is 4.79 Å². The van der Waals surface area contributed by atoms with Crippen molar-refractivity contribution in [2.24, 2.45) is 5.92 Å². The molecule has 0 N–H and O–H groups in total. The second kappa shape index (κ2) is 6.66. The lowest BCUT2D eigenvalue weighted by molar-refractivity contribution is 0.0667. The number of likely N-dealkylation sites (tertiary alicyclic amines) is 1. The molecule has 110 valence electrons. The van der Waals surface area contributed by atoms with Crippen LogP contribution in [0.15, 0.2) is 12.1 Å². The lowest BCUT2D eigenvalue weighted by Crippen LogP contribution is -2.40.